The van der Waals surface area contributed by atoms with Gasteiger partial charge in [-0.05, 0) is 32.4 Å². The zero-order chi connectivity index (χ0) is 14.0. The summed E-state index contributed by atoms with van der Waals surface area (Å²) in [5.74, 6) is 0. The lowest BCUT2D eigenvalue weighted by atomic mass is 10.2. The van der Waals surface area contributed by atoms with Crippen molar-refractivity contribution in [2.45, 2.75) is 26.4 Å². The molecule has 0 aromatic carbocycles. The molecular weight excluding hydrogens is 266 g/mol. The van der Waals surface area contributed by atoms with E-state index >= 15 is 0 Å². The fraction of sp³-hybridized carbons (Fsp3) is 0.462. The maximum atomic E-state index is 11.9. The Balaban J connectivity index is 2.01. The molecule has 1 amide bonds. The van der Waals surface area contributed by atoms with Crippen LogP contribution >= 0.6 is 11.6 Å². The molecule has 0 fully saturated rings. The van der Waals surface area contributed by atoms with Crippen LogP contribution in [0.25, 0.3) is 5.57 Å². The molecule has 1 aromatic heterocycles. The standard InChI is InChI=1S/C13H16ClN3O2/c1-13(2,3)19-12(18)17-5-4-9(8-17)11-6-10(14)7-15-16-11/h4,6-7H,5,8H2,1-3H3. The summed E-state index contributed by atoms with van der Waals surface area (Å²) in [5, 5.41) is 8.34. The molecule has 0 spiro atoms. The Morgan fingerprint density at radius 3 is 2.84 bits per heavy atom. The molecular formula is C13H16ClN3O2. The number of amides is 1. The van der Waals surface area contributed by atoms with Gasteiger partial charge in [0.25, 0.3) is 0 Å². The van der Waals surface area contributed by atoms with E-state index in [2.05, 4.69) is 10.2 Å². The molecule has 0 N–H and O–H groups in total. The van der Waals surface area contributed by atoms with Crippen molar-refractivity contribution < 1.29 is 9.53 Å². The second-order valence-electron chi connectivity index (χ2n) is 5.35. The highest BCUT2D eigenvalue weighted by Crippen LogP contribution is 2.22. The molecule has 2 rings (SSSR count). The SMILES string of the molecule is CC(C)(C)OC(=O)N1CC=C(c2cc(Cl)cnn2)C1. The van der Waals surface area contributed by atoms with Crippen LogP contribution in [0.2, 0.25) is 5.02 Å². The van der Waals surface area contributed by atoms with Gasteiger partial charge >= 0.3 is 6.09 Å². The molecule has 0 atom stereocenters. The Labute approximate surface area is 117 Å². The molecule has 1 aromatic rings. The second-order valence-corrected chi connectivity index (χ2v) is 5.79. The Hall–Kier alpha value is -1.62. The number of hydrogen-bond donors (Lipinski definition) is 0. The number of hydrogen-bond acceptors (Lipinski definition) is 4. The predicted molar refractivity (Wildman–Crippen MR) is 72.8 cm³/mol. The van der Waals surface area contributed by atoms with E-state index < -0.39 is 5.60 Å². The summed E-state index contributed by atoms with van der Waals surface area (Å²) in [6.07, 6.45) is 3.09. The maximum Gasteiger partial charge on any atom is 0.410 e. The fourth-order valence-corrected chi connectivity index (χ4v) is 1.85. The van der Waals surface area contributed by atoms with Gasteiger partial charge in [0, 0.05) is 6.54 Å². The molecule has 6 heteroatoms. The summed E-state index contributed by atoms with van der Waals surface area (Å²) in [6, 6.07) is 1.74. The first kappa shape index (κ1) is 13.8. The third-order valence-electron chi connectivity index (χ3n) is 2.52. The summed E-state index contributed by atoms with van der Waals surface area (Å²) in [7, 11) is 0. The molecule has 1 aliphatic heterocycles. The van der Waals surface area contributed by atoms with Gasteiger partial charge in [0.1, 0.15) is 5.60 Å². The third-order valence-corrected chi connectivity index (χ3v) is 2.73. The Morgan fingerprint density at radius 1 is 1.47 bits per heavy atom. The second kappa shape index (κ2) is 5.17. The predicted octanol–water partition coefficient (Wildman–Crippen LogP) is 2.76. The molecule has 0 saturated carbocycles. The monoisotopic (exact) mass is 281 g/mol. The molecule has 19 heavy (non-hydrogen) atoms. The van der Waals surface area contributed by atoms with Crippen molar-refractivity contribution in [3.05, 3.63) is 29.1 Å². The van der Waals surface area contributed by atoms with Crippen LogP contribution in [0.1, 0.15) is 26.5 Å². The van der Waals surface area contributed by atoms with Gasteiger partial charge in [-0.2, -0.15) is 10.2 Å². The van der Waals surface area contributed by atoms with Crippen LogP contribution < -0.4 is 0 Å². The van der Waals surface area contributed by atoms with Crippen molar-refractivity contribution >= 4 is 23.3 Å². The molecule has 0 saturated heterocycles. The molecule has 0 aliphatic carbocycles. The summed E-state index contributed by atoms with van der Waals surface area (Å²) in [4.78, 5) is 13.5. The molecule has 2 heterocycles. The molecule has 0 unspecified atom stereocenters. The summed E-state index contributed by atoms with van der Waals surface area (Å²) in [6.45, 7) is 6.51. The van der Waals surface area contributed by atoms with E-state index in [9.17, 15) is 4.79 Å². The van der Waals surface area contributed by atoms with E-state index in [4.69, 9.17) is 16.3 Å². The number of nitrogens with zero attached hydrogens (tertiary/aromatic N) is 3. The summed E-state index contributed by atoms with van der Waals surface area (Å²) >= 11 is 5.87. The van der Waals surface area contributed by atoms with E-state index in [1.807, 2.05) is 26.8 Å². The number of carbonyl (C=O) groups excluding carboxylic acids is 1. The van der Waals surface area contributed by atoms with Crippen molar-refractivity contribution in [1.82, 2.24) is 15.1 Å². The van der Waals surface area contributed by atoms with Gasteiger partial charge in [-0.1, -0.05) is 17.7 Å². The number of carbonyl (C=O) groups is 1. The Kier molecular flexibility index (Phi) is 3.75. The topological polar surface area (TPSA) is 55.3 Å². The molecule has 1 aliphatic rings. The van der Waals surface area contributed by atoms with E-state index in [1.165, 1.54) is 6.20 Å². The van der Waals surface area contributed by atoms with Crippen LogP contribution in [0.15, 0.2) is 18.3 Å². The van der Waals surface area contributed by atoms with Gasteiger partial charge in [0.15, 0.2) is 0 Å². The smallest absolute Gasteiger partial charge is 0.410 e. The molecule has 102 valence electrons. The van der Waals surface area contributed by atoms with Crippen LogP contribution in [-0.2, 0) is 4.74 Å². The van der Waals surface area contributed by atoms with Gasteiger partial charge in [-0.15, -0.1) is 0 Å². The zero-order valence-electron chi connectivity index (χ0n) is 11.2. The average Bonchev–Trinajstić information content (AvgIpc) is 2.75. The van der Waals surface area contributed by atoms with Crippen LogP contribution in [0.3, 0.4) is 0 Å². The van der Waals surface area contributed by atoms with Gasteiger partial charge in [0.2, 0.25) is 0 Å². The molecule has 0 bridgehead atoms. The minimum atomic E-state index is -0.490. The minimum Gasteiger partial charge on any atom is -0.444 e. The number of rotatable bonds is 1. The van der Waals surface area contributed by atoms with Crippen LogP contribution in [-0.4, -0.2) is 39.9 Å². The normalized spacial score (nSPS) is 15.4. The average molecular weight is 282 g/mol. The maximum absolute atomic E-state index is 11.9. The number of halogens is 1. The lowest BCUT2D eigenvalue weighted by Crippen LogP contribution is -2.35. The minimum absolute atomic E-state index is 0.325. The molecule has 0 radical (unpaired) electrons. The lowest BCUT2D eigenvalue weighted by molar-refractivity contribution is 0.0306. The third kappa shape index (κ3) is 3.67. The highest BCUT2D eigenvalue weighted by Gasteiger charge is 2.26. The van der Waals surface area contributed by atoms with Crippen molar-refractivity contribution in [2.24, 2.45) is 0 Å². The Bertz CT molecular complexity index is 523. The Morgan fingerprint density at radius 2 is 2.21 bits per heavy atom. The highest BCUT2D eigenvalue weighted by molar-refractivity contribution is 6.30. The van der Waals surface area contributed by atoms with Crippen molar-refractivity contribution in [3.8, 4) is 0 Å². The van der Waals surface area contributed by atoms with Crippen LogP contribution in [0.5, 0.6) is 0 Å². The zero-order valence-corrected chi connectivity index (χ0v) is 11.9. The molecule has 5 nitrogen and oxygen atoms in total. The van der Waals surface area contributed by atoms with Crippen LogP contribution in [0, 0.1) is 0 Å². The fourth-order valence-electron chi connectivity index (χ4n) is 1.71. The lowest BCUT2D eigenvalue weighted by Gasteiger charge is -2.24. The van der Waals surface area contributed by atoms with E-state index in [1.54, 1.807) is 11.0 Å². The van der Waals surface area contributed by atoms with Crippen molar-refractivity contribution in [3.63, 3.8) is 0 Å². The summed E-state index contributed by atoms with van der Waals surface area (Å²) in [5.41, 5.74) is 1.13. The first-order valence-corrected chi connectivity index (χ1v) is 6.38. The summed E-state index contributed by atoms with van der Waals surface area (Å²) < 4.78 is 5.32. The van der Waals surface area contributed by atoms with Gasteiger partial charge in [-0.25, -0.2) is 4.79 Å². The van der Waals surface area contributed by atoms with Gasteiger partial charge in [-0.3, -0.25) is 0 Å². The van der Waals surface area contributed by atoms with E-state index in [-0.39, 0.29) is 6.09 Å². The first-order valence-electron chi connectivity index (χ1n) is 6.01. The quantitative estimate of drug-likeness (QED) is 0.794. The number of aromatic nitrogens is 2. The van der Waals surface area contributed by atoms with E-state index in [0.29, 0.717) is 23.8 Å². The van der Waals surface area contributed by atoms with E-state index in [0.717, 1.165) is 5.57 Å². The first-order chi connectivity index (χ1) is 8.85. The van der Waals surface area contributed by atoms with Gasteiger partial charge in [0.05, 0.1) is 23.5 Å². The van der Waals surface area contributed by atoms with Crippen molar-refractivity contribution in [1.29, 1.82) is 0 Å². The van der Waals surface area contributed by atoms with Gasteiger partial charge < -0.3 is 9.64 Å². The van der Waals surface area contributed by atoms with Crippen LogP contribution in [0.4, 0.5) is 4.79 Å². The highest BCUT2D eigenvalue weighted by atomic mass is 35.5. The van der Waals surface area contributed by atoms with Crippen molar-refractivity contribution in [2.75, 3.05) is 13.1 Å². The largest absolute Gasteiger partial charge is 0.444 e. The number of ether oxygens (including phenoxy) is 1.